The number of carbonyl (C=O) groups excluding carboxylic acids is 1. The zero-order valence-electron chi connectivity index (χ0n) is 6.79. The molecule has 1 rings (SSSR count). The molecule has 0 radical (unpaired) electrons. The van der Waals surface area contributed by atoms with Crippen LogP contribution in [-0.4, -0.2) is 5.78 Å². The molecule has 0 saturated carbocycles. The lowest BCUT2D eigenvalue weighted by Crippen LogP contribution is -1.91. The first-order valence-electron chi connectivity index (χ1n) is 3.64. The van der Waals surface area contributed by atoms with Gasteiger partial charge in [0, 0.05) is 0 Å². The highest BCUT2D eigenvalue weighted by Crippen LogP contribution is 2.07. The van der Waals surface area contributed by atoms with Crippen LogP contribution >= 0.6 is 0 Å². The lowest BCUT2D eigenvalue weighted by Gasteiger charge is -2.06. The third-order valence-electron chi connectivity index (χ3n) is 1.63. The van der Waals surface area contributed by atoms with Gasteiger partial charge in [-0.05, 0) is 12.5 Å². The van der Waals surface area contributed by atoms with Crippen molar-refractivity contribution in [2.75, 3.05) is 0 Å². The monoisotopic (exact) mass is 147 g/mol. The minimum Gasteiger partial charge on any atom is -0.296 e. The summed E-state index contributed by atoms with van der Waals surface area (Å²) in [5.41, 5.74) is 1.87. The van der Waals surface area contributed by atoms with Crippen molar-refractivity contribution >= 4 is 5.78 Å². The standard InChI is InChI=1S/C10H11O/c1-3-9-5-4-6-10(7-9)8(2)11/h3-7H,1-2H3/q-1. The van der Waals surface area contributed by atoms with Gasteiger partial charge in [0.05, 0.1) is 0 Å². The molecule has 0 aliphatic carbocycles. The summed E-state index contributed by atoms with van der Waals surface area (Å²) < 4.78 is 0. The Kier molecular flexibility index (Phi) is 2.32. The normalized spacial score (nSPS) is 9.27. The Morgan fingerprint density at radius 1 is 1.45 bits per heavy atom. The van der Waals surface area contributed by atoms with Gasteiger partial charge in [0.2, 0.25) is 0 Å². The molecule has 0 aliphatic rings. The van der Waals surface area contributed by atoms with Crippen molar-refractivity contribution in [1.29, 1.82) is 0 Å². The molecule has 0 aliphatic heterocycles. The van der Waals surface area contributed by atoms with E-state index in [1.807, 2.05) is 37.6 Å². The highest BCUT2D eigenvalue weighted by atomic mass is 16.1. The van der Waals surface area contributed by atoms with Gasteiger partial charge >= 0.3 is 0 Å². The summed E-state index contributed by atoms with van der Waals surface area (Å²) in [6, 6.07) is 7.59. The van der Waals surface area contributed by atoms with Crippen LogP contribution in [0.25, 0.3) is 0 Å². The molecule has 0 saturated heterocycles. The smallest absolute Gasteiger partial charge is 0.147 e. The molecule has 0 amide bonds. The van der Waals surface area contributed by atoms with E-state index in [0.29, 0.717) is 0 Å². The third-order valence-corrected chi connectivity index (χ3v) is 1.63. The molecule has 1 nitrogen and oxygen atoms in total. The average Bonchev–Trinajstić information content (AvgIpc) is 2.05. The Morgan fingerprint density at radius 3 is 2.73 bits per heavy atom. The number of hydrogen-bond donors (Lipinski definition) is 0. The first kappa shape index (κ1) is 7.86. The molecule has 0 bridgehead atoms. The van der Waals surface area contributed by atoms with Crippen LogP contribution in [0.3, 0.4) is 0 Å². The van der Waals surface area contributed by atoms with Crippen LogP contribution in [0.1, 0.15) is 29.8 Å². The van der Waals surface area contributed by atoms with E-state index in [9.17, 15) is 4.79 Å². The molecule has 0 aromatic heterocycles. The largest absolute Gasteiger partial charge is 0.296 e. The van der Waals surface area contributed by atoms with Crippen molar-refractivity contribution in [3.05, 3.63) is 41.8 Å². The first-order chi connectivity index (χ1) is 5.24. The predicted molar refractivity (Wildman–Crippen MR) is 45.5 cm³/mol. The lowest BCUT2D eigenvalue weighted by molar-refractivity contribution is 0.101. The minimum absolute atomic E-state index is 0.119. The minimum atomic E-state index is 0.119. The molecule has 0 fully saturated rings. The zero-order chi connectivity index (χ0) is 8.27. The van der Waals surface area contributed by atoms with Gasteiger partial charge in [0.1, 0.15) is 5.78 Å². The van der Waals surface area contributed by atoms with Crippen molar-refractivity contribution in [2.45, 2.75) is 13.8 Å². The molecule has 11 heavy (non-hydrogen) atoms. The van der Waals surface area contributed by atoms with E-state index in [1.54, 1.807) is 6.92 Å². The molecule has 0 spiro atoms. The molecule has 58 valence electrons. The van der Waals surface area contributed by atoms with E-state index in [2.05, 4.69) is 0 Å². The van der Waals surface area contributed by atoms with Crippen LogP contribution in [0.4, 0.5) is 0 Å². The molecule has 1 aromatic rings. The van der Waals surface area contributed by atoms with E-state index in [-0.39, 0.29) is 5.78 Å². The zero-order valence-corrected chi connectivity index (χ0v) is 6.79. The van der Waals surface area contributed by atoms with Gasteiger partial charge in [-0.3, -0.25) is 4.79 Å². The fraction of sp³-hybridized carbons (Fsp3) is 0.200. The van der Waals surface area contributed by atoms with Gasteiger partial charge < -0.3 is 0 Å². The maximum Gasteiger partial charge on any atom is 0.147 e. The summed E-state index contributed by atoms with van der Waals surface area (Å²) >= 11 is 0. The summed E-state index contributed by atoms with van der Waals surface area (Å²) in [4.78, 5) is 10.9. The maximum atomic E-state index is 10.9. The first-order valence-corrected chi connectivity index (χ1v) is 3.64. The van der Waals surface area contributed by atoms with Crippen LogP contribution in [0.5, 0.6) is 0 Å². The van der Waals surface area contributed by atoms with Crippen molar-refractivity contribution < 1.29 is 4.79 Å². The van der Waals surface area contributed by atoms with Gasteiger partial charge in [0.15, 0.2) is 0 Å². The number of rotatable bonds is 2. The van der Waals surface area contributed by atoms with Gasteiger partial charge in [-0.15, -0.1) is 6.07 Å². The fourth-order valence-electron chi connectivity index (χ4n) is 0.937. The summed E-state index contributed by atoms with van der Waals surface area (Å²) in [7, 11) is 0. The van der Waals surface area contributed by atoms with E-state index >= 15 is 0 Å². The summed E-state index contributed by atoms with van der Waals surface area (Å²) in [6.07, 6.45) is 1.98. The number of hydrogen-bond acceptors (Lipinski definition) is 1. The quantitative estimate of drug-likeness (QED) is 0.464. The van der Waals surface area contributed by atoms with Crippen molar-refractivity contribution in [3.8, 4) is 0 Å². The molecule has 1 aromatic carbocycles. The predicted octanol–water partition coefficient (Wildman–Crippen LogP) is 2.46. The van der Waals surface area contributed by atoms with Crippen LogP contribution < -0.4 is 0 Å². The Bertz CT molecular complexity index is 263. The van der Waals surface area contributed by atoms with Crippen molar-refractivity contribution in [3.63, 3.8) is 0 Å². The Labute approximate surface area is 67.1 Å². The van der Waals surface area contributed by atoms with Crippen LogP contribution in [0, 0.1) is 6.42 Å². The topological polar surface area (TPSA) is 17.1 Å². The molecule has 0 unspecified atom stereocenters. The van der Waals surface area contributed by atoms with E-state index in [0.717, 1.165) is 11.1 Å². The number of Topliss-reactive ketones (excluding diaryl/α,β-unsaturated/α-hetero) is 1. The SMILES string of the molecule is C[CH-]c1cccc(C(C)=O)c1. The van der Waals surface area contributed by atoms with Gasteiger partial charge in [-0.25, -0.2) is 0 Å². The average molecular weight is 147 g/mol. The Hall–Kier alpha value is -1.24. The molecular weight excluding hydrogens is 136 g/mol. The van der Waals surface area contributed by atoms with Crippen LogP contribution in [-0.2, 0) is 0 Å². The summed E-state index contributed by atoms with van der Waals surface area (Å²) in [5, 5.41) is 0. The highest BCUT2D eigenvalue weighted by molar-refractivity contribution is 5.94. The van der Waals surface area contributed by atoms with E-state index < -0.39 is 0 Å². The number of carbonyl (C=O) groups is 1. The second-order valence-corrected chi connectivity index (χ2v) is 2.47. The maximum absolute atomic E-state index is 10.9. The van der Waals surface area contributed by atoms with Crippen LogP contribution in [0.15, 0.2) is 24.3 Å². The third kappa shape index (κ3) is 1.84. The van der Waals surface area contributed by atoms with Crippen molar-refractivity contribution in [2.24, 2.45) is 0 Å². The summed E-state index contributed by atoms with van der Waals surface area (Å²) in [6.45, 7) is 3.54. The van der Waals surface area contributed by atoms with Gasteiger partial charge in [0.25, 0.3) is 0 Å². The van der Waals surface area contributed by atoms with E-state index in [1.165, 1.54) is 0 Å². The molecule has 0 atom stereocenters. The number of ketones is 1. The van der Waals surface area contributed by atoms with Gasteiger partial charge in [-0.2, -0.15) is 24.1 Å². The number of benzene rings is 1. The van der Waals surface area contributed by atoms with Gasteiger partial charge in [-0.1, -0.05) is 13.0 Å². The Morgan fingerprint density at radius 2 is 2.18 bits per heavy atom. The molecule has 0 N–H and O–H groups in total. The summed E-state index contributed by atoms with van der Waals surface area (Å²) in [5.74, 6) is 0.119. The fourth-order valence-corrected chi connectivity index (χ4v) is 0.937. The van der Waals surface area contributed by atoms with E-state index in [4.69, 9.17) is 0 Å². The molecular formula is C10H11O-. The Balaban J connectivity index is 3.01. The highest BCUT2D eigenvalue weighted by Gasteiger charge is 1.91. The molecule has 0 heterocycles. The lowest BCUT2D eigenvalue weighted by atomic mass is 10.1. The second-order valence-electron chi connectivity index (χ2n) is 2.47. The molecule has 1 heteroatoms. The van der Waals surface area contributed by atoms with Crippen LogP contribution in [0.2, 0.25) is 0 Å². The van der Waals surface area contributed by atoms with Crippen molar-refractivity contribution in [1.82, 2.24) is 0 Å². The second kappa shape index (κ2) is 3.24.